The molecule has 1 aromatic rings. The molecule has 0 bridgehead atoms. The summed E-state index contributed by atoms with van der Waals surface area (Å²) < 4.78 is 5.02. The fraction of sp³-hybridized carbons (Fsp3) is 0.222. The Labute approximate surface area is 71.0 Å². The molecule has 0 fully saturated rings. The third-order valence-electron chi connectivity index (χ3n) is 1.61. The summed E-state index contributed by atoms with van der Waals surface area (Å²) in [5.74, 6) is 0.620. The standard InChI is InChI=1S/C9H9NO2/c1-7-4-3-5-9(12-2)8(7)6-10-11/h3-5H,1-2H3. The summed E-state index contributed by atoms with van der Waals surface area (Å²) in [6, 6.07) is 7.83. The first-order valence-electron chi connectivity index (χ1n) is 3.51. The maximum absolute atomic E-state index is 9.98. The lowest BCUT2D eigenvalue weighted by Crippen LogP contribution is -1.89. The minimum atomic E-state index is 0.620. The maximum atomic E-state index is 9.98. The van der Waals surface area contributed by atoms with Crippen molar-refractivity contribution >= 4 is 0 Å². The molecule has 0 saturated heterocycles. The topological polar surface area (TPSA) is 36.6 Å². The molecule has 1 aromatic carbocycles. The lowest BCUT2D eigenvalue weighted by molar-refractivity contribution is 0.413. The Morgan fingerprint density at radius 1 is 1.50 bits per heavy atom. The first-order valence-corrected chi connectivity index (χ1v) is 3.51. The smallest absolute Gasteiger partial charge is 0.340 e. The van der Waals surface area contributed by atoms with Gasteiger partial charge in [-0.25, -0.2) is 0 Å². The molecular formula is C9H9NO2. The molecule has 0 N–H and O–H groups in total. The first-order chi connectivity index (χ1) is 5.79. The van der Waals surface area contributed by atoms with Crippen LogP contribution in [0, 0.1) is 18.2 Å². The normalized spacial score (nSPS) is 8.50. The molecular weight excluding hydrogens is 154 g/mol. The van der Waals surface area contributed by atoms with E-state index in [9.17, 15) is 5.21 Å². The Balaban J connectivity index is 3.26. The van der Waals surface area contributed by atoms with E-state index in [1.54, 1.807) is 13.2 Å². The van der Waals surface area contributed by atoms with Crippen molar-refractivity contribution < 1.29 is 4.74 Å². The zero-order chi connectivity index (χ0) is 8.97. The van der Waals surface area contributed by atoms with Crippen molar-refractivity contribution in [3.8, 4) is 11.8 Å². The second-order valence-corrected chi connectivity index (χ2v) is 2.36. The Morgan fingerprint density at radius 2 is 2.25 bits per heavy atom. The van der Waals surface area contributed by atoms with Crippen LogP contribution in [0.25, 0.3) is 5.01 Å². The van der Waals surface area contributed by atoms with Crippen LogP contribution in [0.4, 0.5) is 0 Å². The summed E-state index contributed by atoms with van der Waals surface area (Å²) in [4.78, 5) is 0. The van der Waals surface area contributed by atoms with Gasteiger partial charge in [0.15, 0.2) is 0 Å². The number of benzene rings is 1. The maximum Gasteiger partial charge on any atom is 0.340 e. The molecule has 0 atom stereocenters. The molecule has 12 heavy (non-hydrogen) atoms. The number of ether oxygens (including phenoxy) is 1. The lowest BCUT2D eigenvalue weighted by atomic mass is 10.1. The van der Waals surface area contributed by atoms with Gasteiger partial charge in [-0.1, -0.05) is 12.1 Å². The van der Waals surface area contributed by atoms with Crippen molar-refractivity contribution in [3.05, 3.63) is 39.5 Å². The van der Waals surface area contributed by atoms with E-state index in [0.29, 0.717) is 11.3 Å². The molecule has 0 amide bonds. The van der Waals surface area contributed by atoms with Crippen molar-refractivity contribution in [2.45, 2.75) is 6.92 Å². The van der Waals surface area contributed by atoms with Crippen LogP contribution in [-0.4, -0.2) is 7.11 Å². The van der Waals surface area contributed by atoms with E-state index < -0.39 is 0 Å². The average molecular weight is 163 g/mol. The Morgan fingerprint density at radius 3 is 2.83 bits per heavy atom. The Kier molecular flexibility index (Phi) is 2.54. The van der Waals surface area contributed by atoms with Gasteiger partial charge in [-0.3, -0.25) is 0 Å². The van der Waals surface area contributed by atoms with Gasteiger partial charge >= 0.3 is 6.07 Å². The predicted molar refractivity (Wildman–Crippen MR) is 47.4 cm³/mol. The molecule has 3 heteroatoms. The molecule has 0 unspecified atom stereocenters. The van der Waals surface area contributed by atoms with E-state index in [-0.39, 0.29) is 0 Å². The van der Waals surface area contributed by atoms with Gasteiger partial charge in [-0.05, 0) is 18.6 Å². The molecule has 0 heterocycles. The van der Waals surface area contributed by atoms with E-state index in [4.69, 9.17) is 4.74 Å². The Bertz CT molecular complexity index is 336. The number of nitrogens with zero attached hydrogens (tertiary/aromatic N) is 1. The van der Waals surface area contributed by atoms with Gasteiger partial charge in [0.1, 0.15) is 11.3 Å². The zero-order valence-corrected chi connectivity index (χ0v) is 7.00. The summed E-state index contributed by atoms with van der Waals surface area (Å²) in [5, 5.41) is 12.6. The van der Waals surface area contributed by atoms with Crippen molar-refractivity contribution in [3.63, 3.8) is 0 Å². The van der Waals surface area contributed by atoms with E-state index in [0.717, 1.165) is 5.56 Å². The average Bonchev–Trinajstić information content (AvgIpc) is 2.09. The third kappa shape index (κ3) is 1.48. The molecule has 0 aliphatic heterocycles. The highest BCUT2D eigenvalue weighted by molar-refractivity contribution is 5.49. The van der Waals surface area contributed by atoms with Crippen LogP contribution in [0.5, 0.6) is 5.75 Å². The highest BCUT2D eigenvalue weighted by atomic mass is 16.5. The molecule has 0 saturated carbocycles. The molecule has 3 nitrogen and oxygen atoms in total. The van der Waals surface area contributed by atoms with Crippen molar-refractivity contribution in [1.82, 2.24) is 0 Å². The summed E-state index contributed by atoms with van der Waals surface area (Å²) in [6.45, 7) is 1.87. The fourth-order valence-electron chi connectivity index (χ4n) is 1.000. The monoisotopic (exact) mass is 163 g/mol. The molecule has 1 rings (SSSR count). The number of hydrogen-bond donors (Lipinski definition) is 0. The highest BCUT2D eigenvalue weighted by Gasteiger charge is 2.07. The van der Waals surface area contributed by atoms with Crippen LogP contribution < -0.4 is 4.74 Å². The van der Waals surface area contributed by atoms with Crippen LogP contribution >= 0.6 is 0 Å². The molecule has 0 aliphatic rings. The minimum Gasteiger partial charge on any atom is -0.498 e. The van der Waals surface area contributed by atoms with Gasteiger partial charge in [0.2, 0.25) is 0 Å². The summed E-state index contributed by atoms with van der Waals surface area (Å²) in [5.41, 5.74) is 1.55. The van der Waals surface area contributed by atoms with E-state index in [1.807, 2.05) is 19.1 Å². The van der Waals surface area contributed by atoms with Crippen LogP contribution in [0.15, 0.2) is 18.2 Å². The van der Waals surface area contributed by atoms with E-state index in [2.05, 4.69) is 11.1 Å². The van der Waals surface area contributed by atoms with Crippen molar-refractivity contribution in [1.29, 1.82) is 0 Å². The first kappa shape index (κ1) is 8.41. The van der Waals surface area contributed by atoms with Crippen LogP contribution in [0.1, 0.15) is 11.1 Å². The van der Waals surface area contributed by atoms with E-state index in [1.165, 1.54) is 0 Å². The summed E-state index contributed by atoms with van der Waals surface area (Å²) in [6.07, 6.45) is 0. The van der Waals surface area contributed by atoms with Crippen LogP contribution in [0.2, 0.25) is 0 Å². The third-order valence-corrected chi connectivity index (χ3v) is 1.61. The molecule has 62 valence electrons. The van der Waals surface area contributed by atoms with Crippen LogP contribution in [0.3, 0.4) is 0 Å². The summed E-state index contributed by atoms with van der Waals surface area (Å²) in [7, 11) is 1.55. The Hall–Kier alpha value is -1.69. The molecule has 0 radical (unpaired) electrons. The van der Waals surface area contributed by atoms with Gasteiger partial charge < -0.3 is 9.94 Å². The lowest BCUT2D eigenvalue weighted by Gasteiger charge is -2.01. The molecule has 0 aliphatic carbocycles. The predicted octanol–water partition coefficient (Wildman–Crippen LogP) is 2.18. The second kappa shape index (κ2) is 3.63. The van der Waals surface area contributed by atoms with Gasteiger partial charge in [0.25, 0.3) is 0 Å². The quantitative estimate of drug-likeness (QED) is 0.595. The second-order valence-electron chi connectivity index (χ2n) is 2.36. The largest absolute Gasteiger partial charge is 0.498 e. The van der Waals surface area contributed by atoms with Gasteiger partial charge in [0, 0.05) is 5.01 Å². The zero-order valence-electron chi connectivity index (χ0n) is 7.00. The van der Waals surface area contributed by atoms with Crippen LogP contribution in [-0.2, 0) is 0 Å². The van der Waals surface area contributed by atoms with Crippen molar-refractivity contribution in [2.24, 2.45) is 0 Å². The van der Waals surface area contributed by atoms with Crippen molar-refractivity contribution in [2.75, 3.05) is 7.11 Å². The number of rotatable bonds is 1. The molecule has 0 spiro atoms. The number of methoxy groups -OCH3 is 1. The number of hydrogen-bond acceptors (Lipinski definition) is 2. The highest BCUT2D eigenvalue weighted by Crippen LogP contribution is 2.20. The fourth-order valence-corrected chi connectivity index (χ4v) is 1.000. The van der Waals surface area contributed by atoms with Gasteiger partial charge in [0.05, 0.1) is 7.11 Å². The SMILES string of the molecule is COc1cccc(C)c1C#[N+][O-]. The number of aryl methyl sites for hydroxylation is 1. The summed E-state index contributed by atoms with van der Waals surface area (Å²) >= 11 is 0. The van der Waals surface area contributed by atoms with Gasteiger partial charge in [-0.2, -0.15) is 0 Å². The molecule has 0 aromatic heterocycles. The van der Waals surface area contributed by atoms with E-state index >= 15 is 0 Å². The minimum absolute atomic E-state index is 0.620. The van der Waals surface area contributed by atoms with Gasteiger partial charge in [-0.15, -0.1) is 0 Å².